The quantitative estimate of drug-likeness (QED) is 0.943. The molecule has 1 aromatic carbocycles. The monoisotopic (exact) mass is 296 g/mol. The molecular weight excluding hydrogens is 276 g/mol. The first-order chi connectivity index (χ1) is 10.8. The van der Waals surface area contributed by atoms with Crippen molar-refractivity contribution in [3.05, 3.63) is 66.0 Å². The van der Waals surface area contributed by atoms with Crippen molar-refractivity contribution in [1.29, 1.82) is 0 Å². The van der Waals surface area contributed by atoms with E-state index < -0.39 is 0 Å². The molecule has 1 aliphatic rings. The number of rotatable bonds is 4. The lowest BCUT2D eigenvalue weighted by atomic mass is 9.74. The van der Waals surface area contributed by atoms with Crippen LogP contribution in [0.2, 0.25) is 0 Å². The molecule has 4 nitrogen and oxygen atoms in total. The lowest BCUT2D eigenvalue weighted by Crippen LogP contribution is -2.44. The summed E-state index contributed by atoms with van der Waals surface area (Å²) in [7, 11) is 0. The number of hydrogen-bond donors (Lipinski definition) is 1. The van der Waals surface area contributed by atoms with Gasteiger partial charge in [-0.3, -0.25) is 9.78 Å². The Morgan fingerprint density at radius 2 is 1.82 bits per heavy atom. The van der Waals surface area contributed by atoms with Crippen LogP contribution in [0.1, 0.15) is 28.9 Å². The fourth-order valence-corrected chi connectivity index (χ4v) is 2.96. The van der Waals surface area contributed by atoms with E-state index in [9.17, 15) is 4.79 Å². The summed E-state index contributed by atoms with van der Waals surface area (Å²) in [5.41, 5.74) is 1.67. The minimum atomic E-state index is -0.123. The number of carbonyl (C=O) groups excluding carboxylic acids is 1. The van der Waals surface area contributed by atoms with E-state index in [1.807, 2.05) is 24.3 Å². The minimum absolute atomic E-state index is 0.0516. The number of aromatic nitrogens is 1. The summed E-state index contributed by atoms with van der Waals surface area (Å²) in [5.74, 6) is -0.123. The van der Waals surface area contributed by atoms with Crippen LogP contribution in [0.4, 0.5) is 0 Å². The number of amides is 1. The van der Waals surface area contributed by atoms with E-state index in [2.05, 4.69) is 22.4 Å². The van der Waals surface area contributed by atoms with Crippen LogP contribution in [0.3, 0.4) is 0 Å². The number of pyridine rings is 1. The molecule has 1 N–H and O–H groups in total. The average molecular weight is 296 g/mol. The number of ether oxygens (including phenoxy) is 1. The maximum atomic E-state index is 12.3. The van der Waals surface area contributed by atoms with Crippen LogP contribution in [0.15, 0.2) is 54.7 Å². The smallest absolute Gasteiger partial charge is 0.269 e. The lowest BCUT2D eigenvalue weighted by molar-refractivity contribution is 0.0486. The van der Waals surface area contributed by atoms with Crippen molar-refractivity contribution in [2.24, 2.45) is 0 Å². The van der Waals surface area contributed by atoms with Crippen LogP contribution in [-0.4, -0.2) is 30.6 Å². The van der Waals surface area contributed by atoms with Crippen LogP contribution in [0.5, 0.6) is 0 Å². The first kappa shape index (κ1) is 14.7. The van der Waals surface area contributed by atoms with Crippen molar-refractivity contribution in [1.82, 2.24) is 10.3 Å². The van der Waals surface area contributed by atoms with Crippen molar-refractivity contribution < 1.29 is 9.53 Å². The van der Waals surface area contributed by atoms with E-state index >= 15 is 0 Å². The molecule has 1 saturated heterocycles. The second-order valence-corrected chi connectivity index (χ2v) is 5.66. The molecule has 0 aliphatic carbocycles. The van der Waals surface area contributed by atoms with Gasteiger partial charge in [-0.2, -0.15) is 0 Å². The maximum Gasteiger partial charge on any atom is 0.269 e. The van der Waals surface area contributed by atoms with Gasteiger partial charge >= 0.3 is 0 Å². The molecule has 22 heavy (non-hydrogen) atoms. The van der Waals surface area contributed by atoms with Gasteiger partial charge in [0.1, 0.15) is 5.69 Å². The standard InChI is InChI=1S/C18H20N2O2/c21-17(16-8-4-5-11-19-16)20-14-18(9-12-22-13-10-18)15-6-2-1-3-7-15/h1-8,11H,9-10,12-14H2,(H,20,21). The summed E-state index contributed by atoms with van der Waals surface area (Å²) in [6.07, 6.45) is 3.47. The number of nitrogens with one attached hydrogen (secondary N) is 1. The third-order valence-electron chi connectivity index (χ3n) is 4.32. The van der Waals surface area contributed by atoms with E-state index in [1.165, 1.54) is 5.56 Å². The van der Waals surface area contributed by atoms with Crippen LogP contribution < -0.4 is 5.32 Å². The Morgan fingerprint density at radius 1 is 1.09 bits per heavy atom. The Kier molecular flexibility index (Phi) is 4.49. The number of carbonyl (C=O) groups is 1. The van der Waals surface area contributed by atoms with Gasteiger partial charge in [-0.15, -0.1) is 0 Å². The number of benzene rings is 1. The molecular formula is C18H20N2O2. The molecule has 2 heterocycles. The Labute approximate surface area is 130 Å². The van der Waals surface area contributed by atoms with Gasteiger partial charge in [0.05, 0.1) is 0 Å². The molecule has 1 aliphatic heterocycles. The highest BCUT2D eigenvalue weighted by molar-refractivity contribution is 5.92. The lowest BCUT2D eigenvalue weighted by Gasteiger charge is -2.37. The van der Waals surface area contributed by atoms with Crippen molar-refractivity contribution in [2.75, 3.05) is 19.8 Å². The third-order valence-corrected chi connectivity index (χ3v) is 4.32. The van der Waals surface area contributed by atoms with Crippen LogP contribution in [0, 0.1) is 0 Å². The van der Waals surface area contributed by atoms with Crippen LogP contribution in [-0.2, 0) is 10.2 Å². The van der Waals surface area contributed by atoms with E-state index in [0.717, 1.165) is 26.1 Å². The Morgan fingerprint density at radius 3 is 2.50 bits per heavy atom. The zero-order valence-electron chi connectivity index (χ0n) is 12.5. The zero-order valence-corrected chi connectivity index (χ0v) is 12.5. The average Bonchev–Trinajstić information content (AvgIpc) is 2.62. The second-order valence-electron chi connectivity index (χ2n) is 5.66. The predicted molar refractivity (Wildman–Crippen MR) is 84.7 cm³/mol. The molecule has 0 atom stereocenters. The summed E-state index contributed by atoms with van der Waals surface area (Å²) in [4.78, 5) is 16.4. The molecule has 2 aromatic rings. The van der Waals surface area contributed by atoms with E-state index in [-0.39, 0.29) is 11.3 Å². The predicted octanol–water partition coefficient (Wildman–Crippen LogP) is 2.56. The van der Waals surface area contributed by atoms with Gasteiger partial charge in [-0.05, 0) is 30.5 Å². The molecule has 0 unspecified atom stereocenters. The SMILES string of the molecule is O=C(NCC1(c2ccccc2)CCOCC1)c1ccccn1. The van der Waals surface area contributed by atoms with Gasteiger partial charge in [-0.25, -0.2) is 0 Å². The third kappa shape index (κ3) is 3.17. The molecule has 1 amide bonds. The van der Waals surface area contributed by atoms with E-state index in [0.29, 0.717) is 12.2 Å². The molecule has 0 bridgehead atoms. The van der Waals surface area contributed by atoms with Crippen molar-refractivity contribution in [3.8, 4) is 0 Å². The van der Waals surface area contributed by atoms with E-state index in [4.69, 9.17) is 4.74 Å². The number of nitrogens with zero attached hydrogens (tertiary/aromatic N) is 1. The zero-order chi connectivity index (χ0) is 15.3. The first-order valence-electron chi connectivity index (χ1n) is 7.63. The summed E-state index contributed by atoms with van der Waals surface area (Å²) in [6.45, 7) is 2.07. The van der Waals surface area contributed by atoms with Crippen LogP contribution in [0.25, 0.3) is 0 Å². The molecule has 4 heteroatoms. The van der Waals surface area contributed by atoms with Gasteiger partial charge < -0.3 is 10.1 Å². The Balaban J connectivity index is 1.75. The van der Waals surface area contributed by atoms with Crippen molar-refractivity contribution >= 4 is 5.91 Å². The number of hydrogen-bond acceptors (Lipinski definition) is 3. The normalized spacial score (nSPS) is 16.9. The largest absolute Gasteiger partial charge is 0.381 e. The van der Waals surface area contributed by atoms with Gasteiger partial charge in [0.2, 0.25) is 0 Å². The fourth-order valence-electron chi connectivity index (χ4n) is 2.96. The van der Waals surface area contributed by atoms with Gasteiger partial charge in [0, 0.05) is 31.4 Å². The summed E-state index contributed by atoms with van der Waals surface area (Å²) >= 11 is 0. The minimum Gasteiger partial charge on any atom is -0.381 e. The molecule has 3 rings (SSSR count). The van der Waals surface area contributed by atoms with E-state index in [1.54, 1.807) is 18.3 Å². The maximum absolute atomic E-state index is 12.3. The molecule has 0 radical (unpaired) electrons. The van der Waals surface area contributed by atoms with Gasteiger partial charge in [0.25, 0.3) is 5.91 Å². The molecule has 0 spiro atoms. The van der Waals surface area contributed by atoms with Crippen molar-refractivity contribution in [3.63, 3.8) is 0 Å². The van der Waals surface area contributed by atoms with Gasteiger partial charge in [0.15, 0.2) is 0 Å². The topological polar surface area (TPSA) is 51.2 Å². The molecule has 1 aromatic heterocycles. The summed E-state index contributed by atoms with van der Waals surface area (Å²) in [6, 6.07) is 15.7. The highest BCUT2D eigenvalue weighted by atomic mass is 16.5. The van der Waals surface area contributed by atoms with Gasteiger partial charge in [-0.1, -0.05) is 36.4 Å². The Bertz CT molecular complexity index is 607. The second kappa shape index (κ2) is 6.71. The molecule has 114 valence electrons. The summed E-state index contributed by atoms with van der Waals surface area (Å²) < 4.78 is 5.51. The molecule has 1 fully saturated rings. The summed E-state index contributed by atoms with van der Waals surface area (Å²) in [5, 5.41) is 3.05. The fraction of sp³-hybridized carbons (Fsp3) is 0.333. The Hall–Kier alpha value is -2.20. The van der Waals surface area contributed by atoms with Crippen LogP contribution >= 0.6 is 0 Å². The van der Waals surface area contributed by atoms with Crippen molar-refractivity contribution in [2.45, 2.75) is 18.3 Å². The first-order valence-corrected chi connectivity index (χ1v) is 7.63. The molecule has 0 saturated carbocycles. The highest BCUT2D eigenvalue weighted by Crippen LogP contribution is 2.34. The highest BCUT2D eigenvalue weighted by Gasteiger charge is 2.34.